The fourth-order valence-corrected chi connectivity index (χ4v) is 0.562. The molecule has 1 nitrogen and oxygen atoms in total. The Bertz CT molecular complexity index is 175. The van der Waals surface area contributed by atoms with E-state index in [0.717, 1.165) is 12.2 Å². The van der Waals surface area contributed by atoms with E-state index in [1.165, 1.54) is 5.57 Å². The molecule has 0 saturated heterocycles. The van der Waals surface area contributed by atoms with Crippen molar-refractivity contribution < 1.29 is 4.74 Å². The molecule has 0 rings (SSSR count). The van der Waals surface area contributed by atoms with Gasteiger partial charge in [0.15, 0.2) is 0 Å². The van der Waals surface area contributed by atoms with E-state index in [1.807, 2.05) is 12.2 Å². The fraction of sp³-hybridized carbons (Fsp3) is 0.400. The molecule has 0 heterocycles. The molecule has 0 aliphatic heterocycles. The Kier molecular flexibility index (Phi) is 5.26. The molecule has 0 aliphatic rings. The summed E-state index contributed by atoms with van der Waals surface area (Å²) in [6.45, 7) is 7.83. The summed E-state index contributed by atoms with van der Waals surface area (Å²) in [6, 6.07) is 0. The lowest BCUT2D eigenvalue weighted by Gasteiger charge is -1.96. The summed E-state index contributed by atoms with van der Waals surface area (Å²) >= 11 is 0. The molecular weight excluding hydrogens is 136 g/mol. The van der Waals surface area contributed by atoms with Crippen LogP contribution in [0.5, 0.6) is 0 Å². The summed E-state index contributed by atoms with van der Waals surface area (Å²) in [4.78, 5) is 0. The van der Waals surface area contributed by atoms with Gasteiger partial charge in [-0.15, -0.1) is 0 Å². The number of rotatable bonds is 4. The molecule has 0 aliphatic carbocycles. The van der Waals surface area contributed by atoms with Gasteiger partial charge in [-0.1, -0.05) is 25.2 Å². The van der Waals surface area contributed by atoms with Gasteiger partial charge in [0.1, 0.15) is 5.76 Å². The molecule has 0 aromatic rings. The van der Waals surface area contributed by atoms with Crippen molar-refractivity contribution in [3.63, 3.8) is 0 Å². The Morgan fingerprint density at radius 3 is 2.45 bits per heavy atom. The van der Waals surface area contributed by atoms with E-state index in [9.17, 15) is 0 Å². The largest absolute Gasteiger partial charge is 0.497 e. The van der Waals surface area contributed by atoms with Crippen LogP contribution in [0.1, 0.15) is 20.3 Å². The molecule has 0 bridgehead atoms. The standard InChI is InChI=1S/C10H16O/c1-5-9(3)7-8-10(6-2)11-4/h6-8H,2,5H2,1,3-4H3/b9-7-,10-8+. The zero-order chi connectivity index (χ0) is 8.69. The molecule has 0 fully saturated rings. The summed E-state index contributed by atoms with van der Waals surface area (Å²) in [5, 5.41) is 0. The van der Waals surface area contributed by atoms with Crippen molar-refractivity contribution in [3.8, 4) is 0 Å². The second-order valence-corrected chi connectivity index (χ2v) is 2.34. The lowest BCUT2D eigenvalue weighted by atomic mass is 10.2. The van der Waals surface area contributed by atoms with Crippen LogP contribution in [-0.4, -0.2) is 7.11 Å². The Balaban J connectivity index is 4.17. The lowest BCUT2D eigenvalue weighted by molar-refractivity contribution is 0.307. The minimum Gasteiger partial charge on any atom is -0.497 e. The topological polar surface area (TPSA) is 9.23 Å². The van der Waals surface area contributed by atoms with Gasteiger partial charge < -0.3 is 4.74 Å². The molecule has 0 aromatic carbocycles. The summed E-state index contributed by atoms with van der Waals surface area (Å²) in [6.07, 6.45) is 6.73. The number of ether oxygens (including phenoxy) is 1. The molecular formula is C10H16O. The van der Waals surface area contributed by atoms with Crippen LogP contribution in [0, 0.1) is 0 Å². The summed E-state index contributed by atoms with van der Waals surface area (Å²) < 4.78 is 4.99. The van der Waals surface area contributed by atoms with Crippen LogP contribution in [0.15, 0.2) is 36.1 Å². The monoisotopic (exact) mass is 152 g/mol. The quantitative estimate of drug-likeness (QED) is 0.444. The highest BCUT2D eigenvalue weighted by Crippen LogP contribution is 2.02. The fourth-order valence-electron chi connectivity index (χ4n) is 0.562. The van der Waals surface area contributed by atoms with Crippen molar-refractivity contribution in [2.24, 2.45) is 0 Å². The van der Waals surface area contributed by atoms with Crippen LogP contribution in [-0.2, 0) is 4.74 Å². The Labute approximate surface area is 69.1 Å². The first-order valence-corrected chi connectivity index (χ1v) is 3.78. The molecule has 0 spiro atoms. The highest BCUT2D eigenvalue weighted by molar-refractivity contribution is 5.19. The van der Waals surface area contributed by atoms with E-state index >= 15 is 0 Å². The van der Waals surface area contributed by atoms with Crippen LogP contribution in [0.4, 0.5) is 0 Å². The first-order chi connectivity index (χ1) is 5.24. The SMILES string of the molecule is C=C/C(=C\C=C(\C)CC)OC. The minimum atomic E-state index is 0.804. The van der Waals surface area contributed by atoms with E-state index in [1.54, 1.807) is 13.2 Å². The molecule has 0 unspecified atom stereocenters. The van der Waals surface area contributed by atoms with Crippen molar-refractivity contribution in [3.05, 3.63) is 36.1 Å². The third-order valence-electron chi connectivity index (χ3n) is 1.53. The third kappa shape index (κ3) is 4.43. The molecule has 11 heavy (non-hydrogen) atoms. The van der Waals surface area contributed by atoms with Crippen LogP contribution in [0.3, 0.4) is 0 Å². The second-order valence-electron chi connectivity index (χ2n) is 2.34. The minimum absolute atomic E-state index is 0.804. The maximum absolute atomic E-state index is 4.99. The van der Waals surface area contributed by atoms with Crippen molar-refractivity contribution in [2.75, 3.05) is 7.11 Å². The average Bonchev–Trinajstić information content (AvgIpc) is 2.06. The van der Waals surface area contributed by atoms with Gasteiger partial charge in [-0.2, -0.15) is 0 Å². The van der Waals surface area contributed by atoms with E-state index in [4.69, 9.17) is 4.74 Å². The normalized spacial score (nSPS) is 13.0. The maximum Gasteiger partial charge on any atom is 0.118 e. The van der Waals surface area contributed by atoms with Gasteiger partial charge in [-0.05, 0) is 25.5 Å². The molecule has 1 heteroatoms. The maximum atomic E-state index is 4.99. The van der Waals surface area contributed by atoms with Gasteiger partial charge >= 0.3 is 0 Å². The molecule has 0 saturated carbocycles. The highest BCUT2D eigenvalue weighted by Gasteiger charge is 1.84. The third-order valence-corrected chi connectivity index (χ3v) is 1.53. The Morgan fingerprint density at radius 2 is 2.09 bits per heavy atom. The predicted octanol–water partition coefficient (Wildman–Crippen LogP) is 3.06. The van der Waals surface area contributed by atoms with Gasteiger partial charge in [0.25, 0.3) is 0 Å². The first-order valence-electron chi connectivity index (χ1n) is 3.78. The van der Waals surface area contributed by atoms with Crippen LogP contribution in [0.25, 0.3) is 0 Å². The summed E-state index contributed by atoms with van der Waals surface area (Å²) in [5.41, 5.74) is 1.33. The average molecular weight is 152 g/mol. The van der Waals surface area contributed by atoms with Gasteiger partial charge in [-0.3, -0.25) is 0 Å². The predicted molar refractivity (Wildman–Crippen MR) is 49.3 cm³/mol. The van der Waals surface area contributed by atoms with Gasteiger partial charge in [0.05, 0.1) is 7.11 Å². The highest BCUT2D eigenvalue weighted by atomic mass is 16.5. The van der Waals surface area contributed by atoms with E-state index in [-0.39, 0.29) is 0 Å². The summed E-state index contributed by atoms with van der Waals surface area (Å²) in [7, 11) is 1.64. The number of hydrogen-bond acceptors (Lipinski definition) is 1. The number of methoxy groups -OCH3 is 1. The van der Waals surface area contributed by atoms with Crippen LogP contribution in [0.2, 0.25) is 0 Å². The first kappa shape index (κ1) is 10.0. The van der Waals surface area contributed by atoms with E-state index in [2.05, 4.69) is 20.4 Å². The Hall–Kier alpha value is -0.980. The van der Waals surface area contributed by atoms with Gasteiger partial charge in [0.2, 0.25) is 0 Å². The van der Waals surface area contributed by atoms with Gasteiger partial charge in [-0.25, -0.2) is 0 Å². The Morgan fingerprint density at radius 1 is 1.45 bits per heavy atom. The van der Waals surface area contributed by atoms with E-state index in [0.29, 0.717) is 0 Å². The van der Waals surface area contributed by atoms with Crippen molar-refractivity contribution in [2.45, 2.75) is 20.3 Å². The zero-order valence-electron chi connectivity index (χ0n) is 7.55. The molecule has 0 radical (unpaired) electrons. The smallest absolute Gasteiger partial charge is 0.118 e. The zero-order valence-corrected chi connectivity index (χ0v) is 7.55. The van der Waals surface area contributed by atoms with Crippen LogP contribution >= 0.6 is 0 Å². The van der Waals surface area contributed by atoms with Crippen LogP contribution < -0.4 is 0 Å². The molecule has 0 amide bonds. The molecule has 0 atom stereocenters. The van der Waals surface area contributed by atoms with Gasteiger partial charge in [0, 0.05) is 0 Å². The van der Waals surface area contributed by atoms with E-state index < -0.39 is 0 Å². The van der Waals surface area contributed by atoms with Crippen molar-refractivity contribution in [1.82, 2.24) is 0 Å². The summed E-state index contributed by atoms with van der Waals surface area (Å²) in [5.74, 6) is 0.804. The molecule has 0 aromatic heterocycles. The molecule has 62 valence electrons. The lowest BCUT2D eigenvalue weighted by Crippen LogP contribution is -1.79. The number of allylic oxidation sites excluding steroid dienone is 4. The van der Waals surface area contributed by atoms with Crippen molar-refractivity contribution >= 4 is 0 Å². The second kappa shape index (κ2) is 5.78. The molecule has 0 N–H and O–H groups in total. The van der Waals surface area contributed by atoms with Crippen molar-refractivity contribution in [1.29, 1.82) is 0 Å². The number of hydrogen-bond donors (Lipinski definition) is 0.